The molecule has 34 valence electrons. The summed E-state index contributed by atoms with van der Waals surface area (Å²) in [5.74, 6) is 0. The third kappa shape index (κ3) is 2.40. The first-order chi connectivity index (χ1) is 3.00. The number of hydrogen-bond acceptors (Lipinski definition) is 2. The van der Waals surface area contributed by atoms with Crippen LogP contribution in [0.15, 0.2) is 25.0 Å². The van der Waals surface area contributed by atoms with E-state index in [9.17, 15) is 0 Å². The Morgan fingerprint density at radius 1 is 0.714 bits per heavy atom. The van der Waals surface area contributed by atoms with Gasteiger partial charge in [-0.2, -0.15) is 0 Å². The quantitative estimate of drug-likeness (QED) is 0.478. The summed E-state index contributed by atoms with van der Waals surface area (Å²) in [5.41, 5.74) is 0. The van der Waals surface area contributed by atoms with Crippen LogP contribution >= 0.6 is 0 Å². The van der Waals surface area contributed by atoms with Gasteiger partial charge in [0.15, 0.2) is 0 Å². The second-order valence-corrected chi connectivity index (χ2v) is 0.816. The molecule has 0 aromatic rings. The molecule has 0 fully saturated rings. The molecule has 1 heterocycles. The van der Waals surface area contributed by atoms with Crippen molar-refractivity contribution >= 4 is 0 Å². The fraction of sp³-hybridized carbons (Fsp3) is 0. The maximum atomic E-state index is 4.58. The molecule has 0 amide bonds. The molecule has 0 saturated carbocycles. The Morgan fingerprint density at radius 3 is 1.14 bits per heavy atom. The summed E-state index contributed by atoms with van der Waals surface area (Å²) in [6.07, 6.45) is 5.83. The van der Waals surface area contributed by atoms with E-state index in [0.717, 1.165) is 0 Å². The second kappa shape index (κ2) is 3.88. The molecule has 1 aliphatic heterocycles. The van der Waals surface area contributed by atoms with E-state index in [-0.39, 0.29) is 19.5 Å². The van der Waals surface area contributed by atoms with E-state index in [2.05, 4.69) is 9.47 Å². The molecule has 0 unspecified atom stereocenters. The van der Waals surface area contributed by atoms with Gasteiger partial charge < -0.3 is 9.47 Å². The molecule has 0 radical (unpaired) electrons. The van der Waals surface area contributed by atoms with Crippen LogP contribution in [0, 0.1) is 0 Å². The molecular weight excluding hydrogens is 145 g/mol. The topological polar surface area (TPSA) is 18.5 Å². The predicted molar refractivity (Wildman–Crippen MR) is 20.4 cm³/mol. The third-order valence-corrected chi connectivity index (χ3v) is 0.425. The molecule has 0 saturated heterocycles. The van der Waals surface area contributed by atoms with Crippen LogP contribution in [0.1, 0.15) is 0 Å². The van der Waals surface area contributed by atoms with Crippen molar-refractivity contribution in [1.29, 1.82) is 0 Å². The van der Waals surface area contributed by atoms with Crippen LogP contribution < -0.4 is 0 Å². The molecule has 0 N–H and O–H groups in total. The first-order valence-electron chi connectivity index (χ1n) is 1.61. The van der Waals surface area contributed by atoms with E-state index in [4.69, 9.17) is 0 Å². The molecule has 0 aromatic carbocycles. The largest absolute Gasteiger partial charge is 0.466 e. The Bertz CT molecular complexity index is 67.7. The van der Waals surface area contributed by atoms with Crippen molar-refractivity contribution < 1.29 is 29.0 Å². The minimum atomic E-state index is 0. The van der Waals surface area contributed by atoms with Gasteiger partial charge in [-0.15, -0.1) is 0 Å². The molecule has 2 nitrogen and oxygen atoms in total. The molecular formula is C4H4O2Zn. The first-order valence-corrected chi connectivity index (χ1v) is 1.61. The third-order valence-electron chi connectivity index (χ3n) is 0.425. The molecule has 0 aliphatic carbocycles. The van der Waals surface area contributed by atoms with Crippen LogP contribution in [0.3, 0.4) is 0 Å². The average Bonchev–Trinajstić information content (AvgIpc) is 1.72. The van der Waals surface area contributed by atoms with Crippen LogP contribution in [0.5, 0.6) is 0 Å². The smallest absolute Gasteiger partial charge is 0.125 e. The zero-order valence-corrected chi connectivity index (χ0v) is 6.80. The fourth-order valence-electron chi connectivity index (χ4n) is 0.219. The predicted octanol–water partition coefficient (Wildman–Crippen LogP) is 0.973. The summed E-state index contributed by atoms with van der Waals surface area (Å²) in [6, 6.07) is 0. The SMILES string of the molecule is C1=COC=CO1.[Zn]. The molecule has 1 rings (SSSR count). The van der Waals surface area contributed by atoms with Gasteiger partial charge in [-0.3, -0.25) is 0 Å². The molecule has 0 spiro atoms. The monoisotopic (exact) mass is 148 g/mol. The van der Waals surface area contributed by atoms with Gasteiger partial charge in [0, 0.05) is 19.5 Å². The summed E-state index contributed by atoms with van der Waals surface area (Å²) in [6.45, 7) is 0. The van der Waals surface area contributed by atoms with Gasteiger partial charge in [-0.1, -0.05) is 0 Å². The van der Waals surface area contributed by atoms with E-state index in [0.29, 0.717) is 0 Å². The van der Waals surface area contributed by atoms with E-state index in [1.165, 1.54) is 25.0 Å². The minimum absolute atomic E-state index is 0. The van der Waals surface area contributed by atoms with Gasteiger partial charge in [0.25, 0.3) is 0 Å². The Labute approximate surface area is 54.6 Å². The normalized spacial score (nSPS) is 13.7. The van der Waals surface area contributed by atoms with Crippen LogP contribution in [0.4, 0.5) is 0 Å². The molecule has 0 atom stereocenters. The Kier molecular flexibility index (Phi) is 3.71. The minimum Gasteiger partial charge on any atom is -0.466 e. The van der Waals surface area contributed by atoms with Crippen molar-refractivity contribution in [3.63, 3.8) is 0 Å². The van der Waals surface area contributed by atoms with Crippen molar-refractivity contribution in [3.05, 3.63) is 25.0 Å². The van der Waals surface area contributed by atoms with E-state index < -0.39 is 0 Å². The fourth-order valence-corrected chi connectivity index (χ4v) is 0.219. The number of ether oxygens (including phenoxy) is 2. The zero-order chi connectivity index (χ0) is 4.24. The van der Waals surface area contributed by atoms with E-state index >= 15 is 0 Å². The van der Waals surface area contributed by atoms with Crippen LogP contribution in [-0.2, 0) is 29.0 Å². The van der Waals surface area contributed by atoms with Gasteiger partial charge in [-0.05, 0) is 0 Å². The molecule has 0 aromatic heterocycles. The van der Waals surface area contributed by atoms with Crippen molar-refractivity contribution in [2.75, 3.05) is 0 Å². The zero-order valence-electron chi connectivity index (χ0n) is 3.83. The number of rotatable bonds is 0. The van der Waals surface area contributed by atoms with E-state index in [1.54, 1.807) is 0 Å². The first kappa shape index (κ1) is 6.70. The van der Waals surface area contributed by atoms with Gasteiger partial charge in [0.05, 0.1) is 0 Å². The van der Waals surface area contributed by atoms with Crippen molar-refractivity contribution in [3.8, 4) is 0 Å². The van der Waals surface area contributed by atoms with Crippen molar-refractivity contribution in [2.45, 2.75) is 0 Å². The van der Waals surface area contributed by atoms with Gasteiger partial charge in [-0.25, -0.2) is 0 Å². The Hall–Kier alpha value is -0.297. The molecule has 7 heavy (non-hydrogen) atoms. The maximum Gasteiger partial charge on any atom is 0.125 e. The van der Waals surface area contributed by atoms with Gasteiger partial charge in [0.2, 0.25) is 0 Å². The van der Waals surface area contributed by atoms with Crippen LogP contribution in [-0.4, -0.2) is 0 Å². The molecule has 0 bridgehead atoms. The summed E-state index contributed by atoms with van der Waals surface area (Å²) < 4.78 is 9.17. The van der Waals surface area contributed by atoms with Gasteiger partial charge >= 0.3 is 0 Å². The van der Waals surface area contributed by atoms with Crippen molar-refractivity contribution in [1.82, 2.24) is 0 Å². The summed E-state index contributed by atoms with van der Waals surface area (Å²) in [7, 11) is 0. The van der Waals surface area contributed by atoms with Gasteiger partial charge in [0.1, 0.15) is 25.0 Å². The molecule has 3 heteroatoms. The van der Waals surface area contributed by atoms with Crippen LogP contribution in [0.2, 0.25) is 0 Å². The Balaban J connectivity index is 0.000000360. The second-order valence-electron chi connectivity index (χ2n) is 0.816. The van der Waals surface area contributed by atoms with Crippen molar-refractivity contribution in [2.24, 2.45) is 0 Å². The average molecular weight is 149 g/mol. The van der Waals surface area contributed by atoms with E-state index in [1.807, 2.05) is 0 Å². The van der Waals surface area contributed by atoms with Crippen LogP contribution in [0.25, 0.3) is 0 Å². The summed E-state index contributed by atoms with van der Waals surface area (Å²) >= 11 is 0. The molecule has 1 aliphatic rings. The summed E-state index contributed by atoms with van der Waals surface area (Å²) in [4.78, 5) is 0. The standard InChI is InChI=1S/C4H4O2.Zn/c1-2-6-4-3-5-1;/h1-4H;. The Morgan fingerprint density at radius 2 is 1.00 bits per heavy atom. The number of hydrogen-bond donors (Lipinski definition) is 0. The maximum absolute atomic E-state index is 4.58. The summed E-state index contributed by atoms with van der Waals surface area (Å²) in [5, 5.41) is 0.